The van der Waals surface area contributed by atoms with Crippen LogP contribution in [0.4, 0.5) is 0 Å². The van der Waals surface area contributed by atoms with Crippen LogP contribution >= 0.6 is 0 Å². The van der Waals surface area contributed by atoms with E-state index < -0.39 is 0 Å². The van der Waals surface area contributed by atoms with Crippen LogP contribution in [0.25, 0.3) is 0 Å². The molecule has 18 heavy (non-hydrogen) atoms. The van der Waals surface area contributed by atoms with Gasteiger partial charge in [-0.25, -0.2) is 0 Å². The van der Waals surface area contributed by atoms with Crippen LogP contribution in [0.2, 0.25) is 0 Å². The Balaban J connectivity index is 1.83. The molecule has 2 rings (SSSR count). The first-order valence-electron chi connectivity index (χ1n) is 6.76. The van der Waals surface area contributed by atoms with Crippen molar-refractivity contribution in [1.29, 1.82) is 0 Å². The Morgan fingerprint density at radius 3 is 2.94 bits per heavy atom. The molecule has 0 heterocycles. The molecule has 2 atom stereocenters. The van der Waals surface area contributed by atoms with Crippen molar-refractivity contribution in [2.75, 3.05) is 7.11 Å². The van der Waals surface area contributed by atoms with Crippen LogP contribution in [0.3, 0.4) is 0 Å². The molecule has 1 aromatic carbocycles. The van der Waals surface area contributed by atoms with Crippen LogP contribution in [-0.2, 0) is 17.9 Å². The molecule has 0 bridgehead atoms. The fraction of sp³-hybridized carbons (Fsp3) is 0.600. The first-order chi connectivity index (χ1) is 8.78. The van der Waals surface area contributed by atoms with Crippen molar-refractivity contribution in [3.05, 3.63) is 35.4 Å². The standard InChI is InChI=1S/C15H23NO2/c1-18-11-13-5-2-4-12(8-13)10-16-14-6-3-7-15(17)9-14/h2,4-5,8,14-17H,3,6-7,9-11H2,1H3. The molecule has 0 aromatic heterocycles. The molecular weight excluding hydrogens is 226 g/mol. The molecule has 1 aliphatic carbocycles. The van der Waals surface area contributed by atoms with Crippen molar-refractivity contribution < 1.29 is 9.84 Å². The third-order valence-electron chi connectivity index (χ3n) is 3.54. The predicted octanol–water partition coefficient (Wildman–Crippen LogP) is 2.23. The maximum absolute atomic E-state index is 9.63. The number of aliphatic hydroxyl groups excluding tert-OH is 1. The molecule has 1 fully saturated rings. The highest BCUT2D eigenvalue weighted by molar-refractivity contribution is 5.22. The number of benzene rings is 1. The highest BCUT2D eigenvalue weighted by Gasteiger charge is 2.19. The van der Waals surface area contributed by atoms with E-state index in [0.717, 1.165) is 25.8 Å². The molecular formula is C15H23NO2. The second-order valence-electron chi connectivity index (χ2n) is 5.15. The van der Waals surface area contributed by atoms with Crippen molar-refractivity contribution in [2.24, 2.45) is 0 Å². The van der Waals surface area contributed by atoms with Gasteiger partial charge < -0.3 is 15.2 Å². The first-order valence-corrected chi connectivity index (χ1v) is 6.76. The Hall–Kier alpha value is -0.900. The van der Waals surface area contributed by atoms with Gasteiger partial charge in [0.15, 0.2) is 0 Å². The number of hydrogen-bond acceptors (Lipinski definition) is 3. The predicted molar refractivity (Wildman–Crippen MR) is 72.3 cm³/mol. The molecule has 2 N–H and O–H groups in total. The zero-order valence-corrected chi connectivity index (χ0v) is 11.1. The minimum Gasteiger partial charge on any atom is -0.393 e. The molecule has 1 aliphatic rings. The highest BCUT2D eigenvalue weighted by Crippen LogP contribution is 2.18. The normalized spacial score (nSPS) is 24.1. The number of ether oxygens (including phenoxy) is 1. The summed E-state index contributed by atoms with van der Waals surface area (Å²) < 4.78 is 5.14. The van der Waals surface area contributed by atoms with E-state index in [1.807, 2.05) is 0 Å². The van der Waals surface area contributed by atoms with Gasteiger partial charge in [-0.05, 0) is 36.8 Å². The summed E-state index contributed by atoms with van der Waals surface area (Å²) in [6.45, 7) is 1.53. The Labute approximate surface area is 109 Å². The van der Waals surface area contributed by atoms with Gasteiger partial charge in [-0.1, -0.05) is 24.3 Å². The summed E-state index contributed by atoms with van der Waals surface area (Å²) in [6.07, 6.45) is 4.03. The molecule has 0 spiro atoms. The lowest BCUT2D eigenvalue weighted by molar-refractivity contribution is 0.111. The quantitative estimate of drug-likeness (QED) is 0.841. The summed E-state index contributed by atoms with van der Waals surface area (Å²) in [5.41, 5.74) is 2.49. The fourth-order valence-electron chi connectivity index (χ4n) is 2.61. The molecule has 0 radical (unpaired) electrons. The molecule has 0 aliphatic heterocycles. The molecule has 1 aromatic rings. The van der Waals surface area contributed by atoms with Crippen molar-refractivity contribution in [3.63, 3.8) is 0 Å². The van der Waals surface area contributed by atoms with Gasteiger partial charge in [-0.2, -0.15) is 0 Å². The molecule has 2 unspecified atom stereocenters. The topological polar surface area (TPSA) is 41.5 Å². The summed E-state index contributed by atoms with van der Waals surface area (Å²) in [5.74, 6) is 0. The van der Waals surface area contributed by atoms with Gasteiger partial charge in [0, 0.05) is 19.7 Å². The van der Waals surface area contributed by atoms with E-state index in [2.05, 4.69) is 29.6 Å². The second kappa shape index (κ2) is 6.88. The number of rotatable bonds is 5. The lowest BCUT2D eigenvalue weighted by Crippen LogP contribution is -2.35. The van der Waals surface area contributed by atoms with E-state index in [1.54, 1.807) is 7.11 Å². The van der Waals surface area contributed by atoms with Crippen LogP contribution < -0.4 is 5.32 Å². The summed E-state index contributed by atoms with van der Waals surface area (Å²) in [7, 11) is 1.72. The third kappa shape index (κ3) is 4.09. The summed E-state index contributed by atoms with van der Waals surface area (Å²) in [6, 6.07) is 8.92. The van der Waals surface area contributed by atoms with Gasteiger partial charge in [-0.3, -0.25) is 0 Å². The first kappa shape index (κ1) is 13.5. The van der Waals surface area contributed by atoms with Crippen LogP contribution in [0, 0.1) is 0 Å². The van der Waals surface area contributed by atoms with Gasteiger partial charge in [0.25, 0.3) is 0 Å². The second-order valence-corrected chi connectivity index (χ2v) is 5.15. The maximum Gasteiger partial charge on any atom is 0.0713 e. The minimum atomic E-state index is -0.115. The molecule has 0 saturated heterocycles. The maximum atomic E-state index is 9.63. The summed E-state index contributed by atoms with van der Waals surface area (Å²) >= 11 is 0. The lowest BCUT2D eigenvalue weighted by atomic mass is 9.93. The minimum absolute atomic E-state index is 0.115. The molecule has 100 valence electrons. The van der Waals surface area contributed by atoms with Gasteiger partial charge in [0.05, 0.1) is 12.7 Å². The third-order valence-corrected chi connectivity index (χ3v) is 3.54. The SMILES string of the molecule is COCc1cccc(CNC2CCCC(O)C2)c1. The van der Waals surface area contributed by atoms with E-state index in [4.69, 9.17) is 4.74 Å². The van der Waals surface area contributed by atoms with E-state index in [1.165, 1.54) is 17.5 Å². The van der Waals surface area contributed by atoms with Gasteiger partial charge in [0.2, 0.25) is 0 Å². The van der Waals surface area contributed by atoms with E-state index in [-0.39, 0.29) is 6.10 Å². The Bertz CT molecular complexity index is 367. The Kier molecular flexibility index (Phi) is 5.17. The zero-order chi connectivity index (χ0) is 12.8. The number of hydrogen-bond donors (Lipinski definition) is 2. The van der Waals surface area contributed by atoms with Crippen LogP contribution in [0.1, 0.15) is 36.8 Å². The molecule has 3 nitrogen and oxygen atoms in total. The molecule has 1 saturated carbocycles. The van der Waals surface area contributed by atoms with Crippen LogP contribution in [0.15, 0.2) is 24.3 Å². The van der Waals surface area contributed by atoms with Crippen molar-refractivity contribution >= 4 is 0 Å². The summed E-state index contributed by atoms with van der Waals surface area (Å²) in [4.78, 5) is 0. The van der Waals surface area contributed by atoms with Gasteiger partial charge in [0.1, 0.15) is 0 Å². The Morgan fingerprint density at radius 1 is 1.33 bits per heavy atom. The highest BCUT2D eigenvalue weighted by atomic mass is 16.5. The average molecular weight is 249 g/mol. The lowest BCUT2D eigenvalue weighted by Gasteiger charge is -2.26. The van der Waals surface area contributed by atoms with Gasteiger partial charge in [-0.15, -0.1) is 0 Å². The Morgan fingerprint density at radius 2 is 2.17 bits per heavy atom. The number of aliphatic hydroxyl groups is 1. The van der Waals surface area contributed by atoms with Crippen LogP contribution in [-0.4, -0.2) is 24.4 Å². The monoisotopic (exact) mass is 249 g/mol. The van der Waals surface area contributed by atoms with E-state index in [9.17, 15) is 5.11 Å². The van der Waals surface area contributed by atoms with Crippen LogP contribution in [0.5, 0.6) is 0 Å². The summed E-state index contributed by atoms with van der Waals surface area (Å²) in [5, 5.41) is 13.2. The van der Waals surface area contributed by atoms with E-state index in [0.29, 0.717) is 12.6 Å². The van der Waals surface area contributed by atoms with E-state index >= 15 is 0 Å². The average Bonchev–Trinajstić information content (AvgIpc) is 2.37. The fourth-order valence-corrected chi connectivity index (χ4v) is 2.61. The molecule has 3 heteroatoms. The molecule has 0 amide bonds. The van der Waals surface area contributed by atoms with Crippen molar-refractivity contribution in [1.82, 2.24) is 5.32 Å². The smallest absolute Gasteiger partial charge is 0.0713 e. The number of methoxy groups -OCH3 is 1. The van der Waals surface area contributed by atoms with Crippen molar-refractivity contribution in [2.45, 2.75) is 51.0 Å². The zero-order valence-electron chi connectivity index (χ0n) is 11.1. The number of nitrogens with one attached hydrogen (secondary N) is 1. The largest absolute Gasteiger partial charge is 0.393 e. The van der Waals surface area contributed by atoms with Crippen molar-refractivity contribution in [3.8, 4) is 0 Å². The van der Waals surface area contributed by atoms with Gasteiger partial charge >= 0.3 is 0 Å².